The number of carbonyl (C=O) groups excluding carboxylic acids is 2. The van der Waals surface area contributed by atoms with Crippen LogP contribution in [-0.4, -0.2) is 79.8 Å². The maximum Gasteiger partial charge on any atom is 0.320 e. The van der Waals surface area contributed by atoms with Crippen molar-refractivity contribution in [2.75, 3.05) is 50.8 Å². The van der Waals surface area contributed by atoms with Crippen molar-refractivity contribution in [2.24, 2.45) is 5.92 Å². The molecule has 0 aliphatic carbocycles. The third kappa shape index (κ3) is 3.21. The van der Waals surface area contributed by atoms with Crippen molar-refractivity contribution in [3.05, 3.63) is 29.8 Å². The summed E-state index contributed by atoms with van der Waals surface area (Å²) in [6, 6.07) is 8.86. The summed E-state index contributed by atoms with van der Waals surface area (Å²) in [7, 11) is 0. The molecule has 4 aliphatic rings. The molecule has 7 heteroatoms. The summed E-state index contributed by atoms with van der Waals surface area (Å²) in [5, 5.41) is 2.96. The summed E-state index contributed by atoms with van der Waals surface area (Å²) in [5.41, 5.74) is 2.61. The van der Waals surface area contributed by atoms with E-state index in [2.05, 4.69) is 41.4 Å². The van der Waals surface area contributed by atoms with Crippen LogP contribution in [0.2, 0.25) is 0 Å². The molecule has 28 heavy (non-hydrogen) atoms. The Morgan fingerprint density at radius 3 is 2.54 bits per heavy atom. The largest absolute Gasteiger partial charge is 0.371 e. The number of hydrogen-bond acceptors (Lipinski definition) is 4. The van der Waals surface area contributed by atoms with Gasteiger partial charge in [0.25, 0.3) is 0 Å². The number of carbonyl (C=O) groups is 2. The molecule has 0 aromatic heterocycles. The first-order valence-electron chi connectivity index (χ1n) is 10.4. The van der Waals surface area contributed by atoms with E-state index >= 15 is 0 Å². The Morgan fingerprint density at radius 1 is 1.07 bits per heavy atom. The van der Waals surface area contributed by atoms with Gasteiger partial charge in [-0.05, 0) is 30.0 Å². The van der Waals surface area contributed by atoms with Gasteiger partial charge in [0, 0.05) is 50.9 Å². The van der Waals surface area contributed by atoms with Gasteiger partial charge in [0.2, 0.25) is 5.91 Å². The van der Waals surface area contributed by atoms with Gasteiger partial charge in [-0.25, -0.2) is 4.79 Å². The molecule has 2 unspecified atom stereocenters. The highest BCUT2D eigenvalue weighted by Crippen LogP contribution is 2.31. The Balaban J connectivity index is 1.13. The summed E-state index contributed by atoms with van der Waals surface area (Å²) in [6.07, 6.45) is 0.823. The summed E-state index contributed by atoms with van der Waals surface area (Å²) >= 11 is 0. The van der Waals surface area contributed by atoms with Crippen LogP contribution >= 0.6 is 0 Å². The molecule has 0 saturated carbocycles. The number of likely N-dealkylation sites (tertiary alicyclic amines) is 2. The molecule has 5 rings (SSSR count). The van der Waals surface area contributed by atoms with Gasteiger partial charge < -0.3 is 24.8 Å². The maximum atomic E-state index is 12.8. The summed E-state index contributed by atoms with van der Waals surface area (Å²) in [5.74, 6) is 1.13. The minimum Gasteiger partial charge on any atom is -0.371 e. The van der Waals surface area contributed by atoms with Crippen LogP contribution in [0.25, 0.3) is 0 Å². The molecule has 4 heterocycles. The summed E-state index contributed by atoms with van der Waals surface area (Å²) < 4.78 is 5.58. The SMILES string of the molecule is CC1CN(c2ccc(C3CN(C(=O)N4CCC5OCC(=O)NC5C4)C3)cc2)C1. The van der Waals surface area contributed by atoms with Crippen LogP contribution in [0.15, 0.2) is 24.3 Å². The summed E-state index contributed by atoms with van der Waals surface area (Å²) in [6.45, 7) is 7.49. The monoisotopic (exact) mass is 384 g/mol. The molecule has 150 valence electrons. The van der Waals surface area contributed by atoms with Gasteiger partial charge in [0.1, 0.15) is 6.61 Å². The molecule has 3 amide bonds. The molecular weight excluding hydrogens is 356 g/mol. The highest BCUT2D eigenvalue weighted by molar-refractivity contribution is 5.79. The second kappa shape index (κ2) is 6.95. The van der Waals surface area contributed by atoms with Crippen LogP contribution in [0.3, 0.4) is 0 Å². The minimum absolute atomic E-state index is 0.0406. The minimum atomic E-state index is -0.0873. The highest BCUT2D eigenvalue weighted by Gasteiger charge is 2.40. The van der Waals surface area contributed by atoms with E-state index in [9.17, 15) is 9.59 Å². The highest BCUT2D eigenvalue weighted by atomic mass is 16.5. The van der Waals surface area contributed by atoms with E-state index in [-0.39, 0.29) is 30.7 Å². The molecule has 0 spiro atoms. The van der Waals surface area contributed by atoms with Gasteiger partial charge in [-0.2, -0.15) is 0 Å². The Morgan fingerprint density at radius 2 is 1.82 bits per heavy atom. The fraction of sp³-hybridized carbons (Fsp3) is 0.619. The zero-order chi connectivity index (χ0) is 19.3. The molecule has 0 bridgehead atoms. The smallest absolute Gasteiger partial charge is 0.320 e. The molecule has 7 nitrogen and oxygen atoms in total. The van der Waals surface area contributed by atoms with Crippen LogP contribution in [0, 0.1) is 5.92 Å². The van der Waals surface area contributed by atoms with Gasteiger partial charge >= 0.3 is 6.03 Å². The normalized spacial score (nSPS) is 28.3. The number of amides is 3. The number of piperidine rings is 1. The lowest BCUT2D eigenvalue weighted by Crippen LogP contribution is -2.63. The van der Waals surface area contributed by atoms with Crippen LogP contribution in [0.1, 0.15) is 24.8 Å². The molecule has 1 N–H and O–H groups in total. The van der Waals surface area contributed by atoms with Crippen molar-refractivity contribution in [1.29, 1.82) is 0 Å². The van der Waals surface area contributed by atoms with Crippen molar-refractivity contribution in [1.82, 2.24) is 15.1 Å². The van der Waals surface area contributed by atoms with Gasteiger partial charge in [-0.3, -0.25) is 4.79 Å². The molecule has 1 aromatic carbocycles. The predicted molar refractivity (Wildman–Crippen MR) is 105 cm³/mol. The van der Waals surface area contributed by atoms with Crippen LogP contribution in [0.5, 0.6) is 0 Å². The lowest BCUT2D eigenvalue weighted by molar-refractivity contribution is -0.139. The number of benzene rings is 1. The number of hydrogen-bond donors (Lipinski definition) is 1. The molecule has 4 saturated heterocycles. The second-order valence-electron chi connectivity index (χ2n) is 8.74. The molecule has 0 radical (unpaired) electrons. The van der Waals surface area contributed by atoms with E-state index in [1.807, 2.05) is 9.80 Å². The number of nitrogens with one attached hydrogen (secondary N) is 1. The van der Waals surface area contributed by atoms with E-state index < -0.39 is 0 Å². The van der Waals surface area contributed by atoms with E-state index in [1.54, 1.807) is 0 Å². The first-order valence-corrected chi connectivity index (χ1v) is 10.4. The average molecular weight is 384 g/mol. The van der Waals surface area contributed by atoms with E-state index in [1.165, 1.54) is 11.3 Å². The third-order valence-corrected chi connectivity index (χ3v) is 6.54. The van der Waals surface area contributed by atoms with E-state index in [0.29, 0.717) is 19.0 Å². The average Bonchev–Trinajstić information content (AvgIpc) is 2.64. The standard InChI is InChI=1S/C21H28N4O3/c1-14-8-24(9-14)17-4-2-15(3-5-17)16-10-25(11-16)21(27)23-7-6-19-18(12-23)22-20(26)13-28-19/h2-5,14,16,18-19H,6-13H2,1H3,(H,22,26). The molecular formula is C21H28N4O3. The quantitative estimate of drug-likeness (QED) is 0.834. The van der Waals surface area contributed by atoms with Crippen molar-refractivity contribution >= 4 is 17.6 Å². The van der Waals surface area contributed by atoms with Crippen LogP contribution < -0.4 is 10.2 Å². The molecule has 4 fully saturated rings. The van der Waals surface area contributed by atoms with Crippen molar-refractivity contribution in [3.8, 4) is 0 Å². The number of urea groups is 1. The van der Waals surface area contributed by atoms with Gasteiger partial charge in [0.15, 0.2) is 0 Å². The number of morpholine rings is 1. The first kappa shape index (κ1) is 17.8. The number of fused-ring (bicyclic) bond motifs is 1. The Kier molecular flexibility index (Phi) is 4.42. The Hall–Kier alpha value is -2.28. The number of rotatable bonds is 2. The van der Waals surface area contributed by atoms with Gasteiger partial charge in [-0.1, -0.05) is 19.1 Å². The van der Waals surface area contributed by atoms with Crippen molar-refractivity contribution < 1.29 is 14.3 Å². The molecule has 2 atom stereocenters. The fourth-order valence-electron chi connectivity index (χ4n) is 4.79. The lowest BCUT2D eigenvalue weighted by atomic mass is 9.91. The lowest BCUT2D eigenvalue weighted by Gasteiger charge is -2.46. The topological polar surface area (TPSA) is 65.1 Å². The molecule has 1 aromatic rings. The van der Waals surface area contributed by atoms with Crippen molar-refractivity contribution in [2.45, 2.75) is 31.4 Å². The van der Waals surface area contributed by atoms with Crippen LogP contribution in [-0.2, 0) is 9.53 Å². The van der Waals surface area contributed by atoms with Gasteiger partial charge in [0.05, 0.1) is 12.1 Å². The van der Waals surface area contributed by atoms with Crippen molar-refractivity contribution in [3.63, 3.8) is 0 Å². The number of anilines is 1. The van der Waals surface area contributed by atoms with E-state index in [0.717, 1.165) is 38.5 Å². The second-order valence-corrected chi connectivity index (χ2v) is 8.74. The number of ether oxygens (including phenoxy) is 1. The first-order chi connectivity index (χ1) is 13.6. The maximum absolute atomic E-state index is 12.8. The predicted octanol–water partition coefficient (Wildman–Crippen LogP) is 1.25. The fourth-order valence-corrected chi connectivity index (χ4v) is 4.79. The number of nitrogens with zero attached hydrogens (tertiary/aromatic N) is 3. The molecule has 4 aliphatic heterocycles. The van der Waals surface area contributed by atoms with Crippen LogP contribution in [0.4, 0.5) is 10.5 Å². The zero-order valence-corrected chi connectivity index (χ0v) is 16.3. The van der Waals surface area contributed by atoms with E-state index in [4.69, 9.17) is 4.74 Å². The third-order valence-electron chi connectivity index (χ3n) is 6.54. The zero-order valence-electron chi connectivity index (χ0n) is 16.3. The Labute approximate surface area is 165 Å². The van der Waals surface area contributed by atoms with Gasteiger partial charge in [-0.15, -0.1) is 0 Å². The summed E-state index contributed by atoms with van der Waals surface area (Å²) in [4.78, 5) is 30.6. The Bertz CT molecular complexity index is 755.